The second-order valence-corrected chi connectivity index (χ2v) is 9.03. The molecule has 0 bridgehead atoms. The van der Waals surface area contributed by atoms with E-state index in [-0.39, 0.29) is 0 Å². The minimum Gasteiger partial charge on any atom is -0.362 e. The van der Waals surface area contributed by atoms with Gasteiger partial charge in [-0.25, -0.2) is 4.98 Å². The Morgan fingerprint density at radius 1 is 1.35 bits per heavy atom. The van der Waals surface area contributed by atoms with Gasteiger partial charge >= 0.3 is 0 Å². The van der Waals surface area contributed by atoms with Crippen LogP contribution in [-0.2, 0) is 6.42 Å². The maximum atomic E-state index is 5.25. The molecule has 0 radical (unpaired) electrons. The molecule has 0 saturated carbocycles. The van der Waals surface area contributed by atoms with Crippen molar-refractivity contribution in [2.45, 2.75) is 6.42 Å². The standard InChI is InChI=1S/C12H10Br2IN3S2/c13-7-5-9(14)17-11(6-7)18-12(19)16-4-3-8-1-2-10(15)20-8/h1-2,5-6H,3-4H2,(H2,16,17,18,19). The van der Waals surface area contributed by atoms with Crippen LogP contribution in [0.25, 0.3) is 0 Å². The normalized spacial score (nSPS) is 10.3. The van der Waals surface area contributed by atoms with Gasteiger partial charge in [0.1, 0.15) is 10.4 Å². The lowest BCUT2D eigenvalue weighted by molar-refractivity contribution is 0.884. The van der Waals surface area contributed by atoms with E-state index in [9.17, 15) is 0 Å². The highest BCUT2D eigenvalue weighted by Gasteiger charge is 2.03. The molecule has 2 rings (SSSR count). The van der Waals surface area contributed by atoms with Gasteiger partial charge < -0.3 is 10.6 Å². The zero-order chi connectivity index (χ0) is 14.5. The van der Waals surface area contributed by atoms with Crippen LogP contribution in [0, 0.1) is 2.88 Å². The number of thiophene rings is 1. The predicted molar refractivity (Wildman–Crippen MR) is 105 cm³/mol. The topological polar surface area (TPSA) is 37.0 Å². The van der Waals surface area contributed by atoms with Crippen LogP contribution in [-0.4, -0.2) is 16.6 Å². The first-order valence-corrected chi connectivity index (χ1v) is 9.54. The quantitative estimate of drug-likeness (QED) is 0.328. The summed E-state index contributed by atoms with van der Waals surface area (Å²) in [6.45, 7) is 0.803. The van der Waals surface area contributed by atoms with Crippen molar-refractivity contribution in [3.8, 4) is 0 Å². The average Bonchev–Trinajstić information content (AvgIpc) is 2.73. The number of anilines is 1. The molecule has 0 unspecified atom stereocenters. The van der Waals surface area contributed by atoms with Gasteiger partial charge in [0.25, 0.3) is 0 Å². The van der Waals surface area contributed by atoms with Crippen LogP contribution in [0.5, 0.6) is 0 Å². The Bertz CT molecular complexity index is 598. The Balaban J connectivity index is 1.80. The number of rotatable bonds is 4. The van der Waals surface area contributed by atoms with Gasteiger partial charge in [-0.2, -0.15) is 0 Å². The van der Waals surface area contributed by atoms with E-state index in [0.29, 0.717) is 10.9 Å². The van der Waals surface area contributed by atoms with E-state index >= 15 is 0 Å². The fourth-order valence-electron chi connectivity index (χ4n) is 1.48. The second-order valence-electron chi connectivity index (χ2n) is 3.83. The van der Waals surface area contributed by atoms with Gasteiger partial charge in [-0.3, -0.25) is 0 Å². The number of pyridine rings is 1. The zero-order valence-corrected chi connectivity index (χ0v) is 17.1. The van der Waals surface area contributed by atoms with Gasteiger partial charge in [-0.15, -0.1) is 11.3 Å². The minimum absolute atomic E-state index is 0.578. The molecule has 2 heterocycles. The third kappa shape index (κ3) is 5.55. The van der Waals surface area contributed by atoms with Crippen LogP contribution in [0.2, 0.25) is 0 Å². The van der Waals surface area contributed by atoms with Crippen LogP contribution < -0.4 is 10.6 Å². The maximum absolute atomic E-state index is 5.25. The maximum Gasteiger partial charge on any atom is 0.171 e. The van der Waals surface area contributed by atoms with Crippen molar-refractivity contribution in [2.24, 2.45) is 0 Å². The molecule has 0 aliphatic carbocycles. The molecular weight excluding hydrogens is 537 g/mol. The summed E-state index contributed by atoms with van der Waals surface area (Å²) in [5, 5.41) is 6.83. The van der Waals surface area contributed by atoms with E-state index in [4.69, 9.17) is 12.2 Å². The Labute approximate surface area is 157 Å². The van der Waals surface area contributed by atoms with Crippen molar-refractivity contribution in [3.05, 3.63) is 41.1 Å². The third-order valence-corrected chi connectivity index (χ3v) is 5.35. The molecule has 2 N–H and O–H groups in total. The average molecular weight is 547 g/mol. The SMILES string of the molecule is S=C(NCCc1ccc(I)s1)Nc1cc(Br)cc(Br)n1. The molecule has 8 heteroatoms. The van der Waals surface area contributed by atoms with E-state index in [2.05, 4.69) is 82.2 Å². The highest BCUT2D eigenvalue weighted by molar-refractivity contribution is 14.1. The van der Waals surface area contributed by atoms with E-state index in [1.165, 1.54) is 7.76 Å². The van der Waals surface area contributed by atoms with Crippen molar-refractivity contribution in [3.63, 3.8) is 0 Å². The summed E-state index contributed by atoms with van der Waals surface area (Å²) in [7, 11) is 0. The van der Waals surface area contributed by atoms with Crippen molar-refractivity contribution < 1.29 is 0 Å². The van der Waals surface area contributed by atoms with Gasteiger partial charge in [-0.1, -0.05) is 15.9 Å². The van der Waals surface area contributed by atoms with E-state index in [1.54, 1.807) is 11.3 Å². The molecule has 0 fully saturated rings. The van der Waals surface area contributed by atoms with Crippen LogP contribution in [0.3, 0.4) is 0 Å². The van der Waals surface area contributed by atoms with E-state index < -0.39 is 0 Å². The number of aromatic nitrogens is 1. The number of thiocarbonyl (C=S) groups is 1. The molecule has 106 valence electrons. The minimum atomic E-state index is 0.578. The van der Waals surface area contributed by atoms with Crippen molar-refractivity contribution in [1.82, 2.24) is 10.3 Å². The fourth-order valence-corrected chi connectivity index (χ4v) is 4.62. The Morgan fingerprint density at radius 2 is 2.15 bits per heavy atom. The van der Waals surface area contributed by atoms with E-state index in [0.717, 1.165) is 22.0 Å². The lowest BCUT2D eigenvalue weighted by Gasteiger charge is -2.10. The molecule has 3 nitrogen and oxygen atoms in total. The summed E-state index contributed by atoms with van der Waals surface area (Å²) in [4.78, 5) is 5.65. The molecule has 2 aromatic heterocycles. The first-order chi connectivity index (χ1) is 9.52. The largest absolute Gasteiger partial charge is 0.362 e. The molecule has 0 saturated heterocycles. The van der Waals surface area contributed by atoms with Gasteiger partial charge in [-0.05, 0) is 81.4 Å². The smallest absolute Gasteiger partial charge is 0.171 e. The monoisotopic (exact) mass is 545 g/mol. The van der Waals surface area contributed by atoms with Gasteiger partial charge in [0, 0.05) is 15.9 Å². The summed E-state index contributed by atoms with van der Waals surface area (Å²) in [5.41, 5.74) is 0. The van der Waals surface area contributed by atoms with Gasteiger partial charge in [0.05, 0.1) is 2.88 Å². The number of hydrogen-bond acceptors (Lipinski definition) is 3. The molecule has 0 atom stereocenters. The molecule has 0 spiro atoms. The highest BCUT2D eigenvalue weighted by atomic mass is 127. The van der Waals surface area contributed by atoms with Crippen LogP contribution in [0.4, 0.5) is 5.82 Å². The molecule has 0 aromatic carbocycles. The lowest BCUT2D eigenvalue weighted by atomic mass is 10.3. The number of halogens is 3. The van der Waals surface area contributed by atoms with Gasteiger partial charge in [0.15, 0.2) is 5.11 Å². The number of nitrogens with one attached hydrogen (secondary N) is 2. The van der Waals surface area contributed by atoms with Gasteiger partial charge in [0.2, 0.25) is 0 Å². The van der Waals surface area contributed by atoms with E-state index in [1.807, 2.05) is 12.1 Å². The van der Waals surface area contributed by atoms with Crippen LogP contribution in [0.1, 0.15) is 4.88 Å². The molecular formula is C12H10Br2IN3S2. The summed E-state index contributed by atoms with van der Waals surface area (Å²) in [5.74, 6) is 0.703. The molecule has 0 aliphatic rings. The molecule has 20 heavy (non-hydrogen) atoms. The Hall–Kier alpha value is 0.230. The fraction of sp³-hybridized carbons (Fsp3) is 0.167. The molecule has 2 aromatic rings. The van der Waals surface area contributed by atoms with Crippen molar-refractivity contribution in [1.29, 1.82) is 0 Å². The van der Waals surface area contributed by atoms with Crippen LogP contribution >= 0.6 is 78.0 Å². The first-order valence-electron chi connectivity index (χ1n) is 5.65. The zero-order valence-electron chi connectivity index (χ0n) is 10.1. The summed E-state index contributed by atoms with van der Waals surface area (Å²) in [6, 6.07) is 8.03. The summed E-state index contributed by atoms with van der Waals surface area (Å²) < 4.78 is 3.00. The summed E-state index contributed by atoms with van der Waals surface area (Å²) >= 11 is 16.1. The first kappa shape index (κ1) is 16.6. The molecule has 0 aliphatic heterocycles. The lowest BCUT2D eigenvalue weighted by Crippen LogP contribution is -2.30. The predicted octanol–water partition coefficient (Wildman–Crippen LogP) is 4.80. The van der Waals surface area contributed by atoms with Crippen molar-refractivity contribution in [2.75, 3.05) is 11.9 Å². The summed E-state index contributed by atoms with van der Waals surface area (Å²) in [6.07, 6.45) is 0.963. The third-order valence-electron chi connectivity index (χ3n) is 2.29. The molecule has 0 amide bonds. The highest BCUT2D eigenvalue weighted by Crippen LogP contribution is 2.20. The number of nitrogens with zero attached hydrogens (tertiary/aromatic N) is 1. The van der Waals surface area contributed by atoms with Crippen LogP contribution in [0.15, 0.2) is 33.3 Å². The second kappa shape index (κ2) is 8.02. The number of hydrogen-bond donors (Lipinski definition) is 2. The van der Waals surface area contributed by atoms with Crippen molar-refractivity contribution >= 4 is 88.9 Å². The Kier molecular flexibility index (Phi) is 6.66. The Morgan fingerprint density at radius 3 is 2.80 bits per heavy atom.